The molecule has 4 heteroatoms. The van der Waals surface area contributed by atoms with Crippen LogP contribution in [0.15, 0.2) is 6.20 Å². The quantitative estimate of drug-likeness (QED) is 0.764. The van der Waals surface area contributed by atoms with Crippen LogP contribution < -0.4 is 5.73 Å². The largest absolute Gasteiger partial charge is 0.382 e. The monoisotopic (exact) mass is 218 g/mol. The molecule has 2 heterocycles. The van der Waals surface area contributed by atoms with Gasteiger partial charge < -0.3 is 5.73 Å². The van der Waals surface area contributed by atoms with Crippen LogP contribution in [-0.4, -0.2) is 34.0 Å². The predicted molar refractivity (Wildman–Crippen MR) is 63.1 cm³/mol. The molecule has 0 bridgehead atoms. The van der Waals surface area contributed by atoms with Crippen molar-refractivity contribution in [2.45, 2.75) is 38.1 Å². The Bertz CT molecular complexity index is 387. The van der Waals surface area contributed by atoms with Gasteiger partial charge in [-0.1, -0.05) is 6.42 Å². The lowest BCUT2D eigenvalue weighted by Crippen LogP contribution is -2.41. The first-order valence-corrected chi connectivity index (χ1v) is 6.17. The topological polar surface area (TPSA) is 55.0 Å². The van der Waals surface area contributed by atoms with Crippen molar-refractivity contribution in [3.8, 4) is 0 Å². The van der Waals surface area contributed by atoms with Crippen LogP contribution in [0.2, 0.25) is 0 Å². The number of fused-ring (bicyclic) bond motifs is 1. The average molecular weight is 218 g/mol. The molecule has 0 aromatic carbocycles. The van der Waals surface area contributed by atoms with Crippen LogP contribution in [0.4, 0.5) is 5.82 Å². The minimum absolute atomic E-state index is 0.552. The van der Waals surface area contributed by atoms with Gasteiger partial charge in [-0.25, -0.2) is 4.98 Å². The smallest absolute Gasteiger partial charge is 0.142 e. The van der Waals surface area contributed by atoms with E-state index in [9.17, 15) is 0 Å². The van der Waals surface area contributed by atoms with E-state index in [0.717, 1.165) is 43.4 Å². The highest BCUT2D eigenvalue weighted by Crippen LogP contribution is 2.26. The third kappa shape index (κ3) is 1.78. The highest BCUT2D eigenvalue weighted by atomic mass is 15.2. The second-order valence-electron chi connectivity index (χ2n) is 4.81. The molecule has 3 rings (SSSR count). The van der Waals surface area contributed by atoms with Crippen LogP contribution in [0.5, 0.6) is 0 Å². The zero-order valence-corrected chi connectivity index (χ0v) is 9.52. The summed E-state index contributed by atoms with van der Waals surface area (Å²) in [5.41, 5.74) is 7.94. The summed E-state index contributed by atoms with van der Waals surface area (Å²) in [6.07, 6.45) is 7.86. The van der Waals surface area contributed by atoms with Crippen molar-refractivity contribution < 1.29 is 0 Å². The van der Waals surface area contributed by atoms with Crippen molar-refractivity contribution in [3.63, 3.8) is 0 Å². The van der Waals surface area contributed by atoms with Crippen LogP contribution in [-0.2, 0) is 12.8 Å². The Morgan fingerprint density at radius 1 is 1.19 bits per heavy atom. The number of anilines is 1. The van der Waals surface area contributed by atoms with Gasteiger partial charge in [-0.2, -0.15) is 0 Å². The molecule has 0 atom stereocenters. The fraction of sp³-hybridized carbons (Fsp3) is 0.667. The minimum Gasteiger partial charge on any atom is -0.382 e. The summed E-state index contributed by atoms with van der Waals surface area (Å²) in [4.78, 5) is 11.4. The Labute approximate surface area is 95.9 Å². The first-order valence-electron chi connectivity index (χ1n) is 6.17. The SMILES string of the molecule is Nc1cnc2c(n1)CCN(C1CCC1)CC2. The van der Waals surface area contributed by atoms with E-state index in [1.54, 1.807) is 6.20 Å². The zero-order chi connectivity index (χ0) is 11.0. The normalized spacial score (nSPS) is 22.2. The lowest BCUT2D eigenvalue weighted by atomic mass is 9.91. The van der Waals surface area contributed by atoms with Crippen molar-refractivity contribution >= 4 is 5.82 Å². The van der Waals surface area contributed by atoms with Crippen LogP contribution in [0.25, 0.3) is 0 Å². The van der Waals surface area contributed by atoms with Gasteiger partial charge >= 0.3 is 0 Å². The van der Waals surface area contributed by atoms with Gasteiger partial charge in [-0.3, -0.25) is 9.88 Å². The molecule has 0 amide bonds. The Hall–Kier alpha value is -1.16. The van der Waals surface area contributed by atoms with Gasteiger partial charge in [0.15, 0.2) is 0 Å². The molecule has 0 saturated heterocycles. The summed E-state index contributed by atoms with van der Waals surface area (Å²) >= 11 is 0. The molecule has 1 aliphatic carbocycles. The highest BCUT2D eigenvalue weighted by Gasteiger charge is 2.26. The molecule has 4 nitrogen and oxygen atoms in total. The van der Waals surface area contributed by atoms with Crippen molar-refractivity contribution in [1.29, 1.82) is 0 Å². The molecule has 16 heavy (non-hydrogen) atoms. The maximum Gasteiger partial charge on any atom is 0.142 e. The first kappa shape index (κ1) is 10.0. The number of nitrogens with zero attached hydrogens (tertiary/aromatic N) is 3. The van der Waals surface area contributed by atoms with E-state index in [4.69, 9.17) is 5.73 Å². The third-order valence-corrected chi connectivity index (χ3v) is 3.81. The maximum absolute atomic E-state index is 5.68. The van der Waals surface area contributed by atoms with Crippen LogP contribution in [0, 0.1) is 0 Å². The summed E-state index contributed by atoms with van der Waals surface area (Å²) in [7, 11) is 0. The third-order valence-electron chi connectivity index (χ3n) is 3.81. The fourth-order valence-electron chi connectivity index (χ4n) is 2.60. The van der Waals surface area contributed by atoms with Crippen molar-refractivity contribution in [3.05, 3.63) is 17.6 Å². The van der Waals surface area contributed by atoms with Gasteiger partial charge in [0.25, 0.3) is 0 Å². The Morgan fingerprint density at radius 2 is 1.94 bits per heavy atom. The molecule has 0 radical (unpaired) electrons. The summed E-state index contributed by atoms with van der Waals surface area (Å²) in [6.45, 7) is 2.26. The number of aromatic nitrogens is 2. The zero-order valence-electron chi connectivity index (χ0n) is 9.52. The van der Waals surface area contributed by atoms with E-state index in [1.807, 2.05) is 0 Å². The molecule has 0 unspecified atom stereocenters. The molecular formula is C12H18N4. The van der Waals surface area contributed by atoms with Gasteiger partial charge in [0.05, 0.1) is 17.6 Å². The molecule has 1 saturated carbocycles. The summed E-state index contributed by atoms with van der Waals surface area (Å²) in [6, 6.07) is 0.826. The van der Waals surface area contributed by atoms with E-state index in [0.29, 0.717) is 5.82 Å². The molecule has 1 aliphatic heterocycles. The number of rotatable bonds is 1. The predicted octanol–water partition coefficient (Wildman–Crippen LogP) is 1.01. The Morgan fingerprint density at radius 3 is 2.62 bits per heavy atom. The lowest BCUT2D eigenvalue weighted by Gasteiger charge is -2.36. The molecule has 1 aromatic heterocycles. The number of nitrogens with two attached hydrogens (primary N) is 1. The molecule has 2 N–H and O–H groups in total. The van der Waals surface area contributed by atoms with Crippen LogP contribution in [0.3, 0.4) is 0 Å². The maximum atomic E-state index is 5.68. The molecule has 86 valence electrons. The average Bonchev–Trinajstić information content (AvgIpc) is 2.39. The molecule has 0 spiro atoms. The molecule has 2 aliphatic rings. The molecular weight excluding hydrogens is 200 g/mol. The Balaban J connectivity index is 1.76. The van der Waals surface area contributed by atoms with Gasteiger partial charge in [-0.05, 0) is 12.8 Å². The van der Waals surface area contributed by atoms with E-state index in [1.165, 1.54) is 19.3 Å². The van der Waals surface area contributed by atoms with Crippen LogP contribution in [0.1, 0.15) is 30.7 Å². The molecule has 1 aromatic rings. The first-order chi connectivity index (χ1) is 7.83. The van der Waals surface area contributed by atoms with E-state index >= 15 is 0 Å². The summed E-state index contributed by atoms with van der Waals surface area (Å²) in [5, 5.41) is 0. The summed E-state index contributed by atoms with van der Waals surface area (Å²) in [5.74, 6) is 0.552. The van der Waals surface area contributed by atoms with E-state index < -0.39 is 0 Å². The second-order valence-corrected chi connectivity index (χ2v) is 4.81. The van der Waals surface area contributed by atoms with Crippen molar-refractivity contribution in [2.75, 3.05) is 18.8 Å². The van der Waals surface area contributed by atoms with Gasteiger partial charge in [-0.15, -0.1) is 0 Å². The number of hydrogen-bond acceptors (Lipinski definition) is 4. The van der Waals surface area contributed by atoms with Gasteiger partial charge in [0.1, 0.15) is 5.82 Å². The number of hydrogen-bond donors (Lipinski definition) is 1. The van der Waals surface area contributed by atoms with Crippen molar-refractivity contribution in [1.82, 2.24) is 14.9 Å². The Kier molecular flexibility index (Phi) is 2.52. The van der Waals surface area contributed by atoms with Crippen molar-refractivity contribution in [2.24, 2.45) is 0 Å². The number of nitrogen functional groups attached to an aromatic ring is 1. The van der Waals surface area contributed by atoms with E-state index in [-0.39, 0.29) is 0 Å². The summed E-state index contributed by atoms with van der Waals surface area (Å²) < 4.78 is 0. The highest BCUT2D eigenvalue weighted by molar-refractivity contribution is 5.28. The standard InChI is InChI=1S/C12H18N4/c13-12-8-14-10-4-6-16(9-2-1-3-9)7-5-11(10)15-12/h8-9H,1-7H2,(H2,13,15). The van der Waals surface area contributed by atoms with Gasteiger partial charge in [0.2, 0.25) is 0 Å². The molecule has 1 fully saturated rings. The lowest BCUT2D eigenvalue weighted by molar-refractivity contribution is 0.133. The second kappa shape index (κ2) is 4.01. The van der Waals surface area contributed by atoms with Crippen LogP contribution >= 0.6 is 0 Å². The van der Waals surface area contributed by atoms with Gasteiger partial charge in [0, 0.05) is 32.0 Å². The fourth-order valence-corrected chi connectivity index (χ4v) is 2.60. The minimum atomic E-state index is 0.552. The van der Waals surface area contributed by atoms with E-state index in [2.05, 4.69) is 14.9 Å².